The smallest absolute Gasteiger partial charge is 0.337 e. The fraction of sp³-hybridized carbons (Fsp3) is 0.200. The van der Waals surface area contributed by atoms with Gasteiger partial charge in [-0.1, -0.05) is 36.0 Å². The first-order valence-electron chi connectivity index (χ1n) is 9.03. The first-order valence-corrected chi connectivity index (χ1v) is 10.9. The Bertz CT molecular complexity index is 1100. The molecule has 1 aromatic carbocycles. The van der Waals surface area contributed by atoms with Crippen molar-refractivity contribution in [3.05, 3.63) is 53.0 Å². The number of esters is 1. The molecular formula is C20H18N4O3S2. The van der Waals surface area contributed by atoms with Crippen LogP contribution >= 0.6 is 23.1 Å². The molecule has 4 rings (SSSR count). The topological polar surface area (TPSA) is 93.2 Å². The second kappa shape index (κ2) is 8.62. The van der Waals surface area contributed by atoms with E-state index < -0.39 is 5.97 Å². The number of benzene rings is 1. The fourth-order valence-electron chi connectivity index (χ4n) is 2.88. The van der Waals surface area contributed by atoms with Crippen LogP contribution in [0.15, 0.2) is 58.1 Å². The van der Waals surface area contributed by atoms with E-state index in [0.29, 0.717) is 22.8 Å². The number of nitrogens with one attached hydrogen (secondary N) is 2. The second-order valence-corrected chi connectivity index (χ2v) is 8.03. The van der Waals surface area contributed by atoms with E-state index in [-0.39, 0.29) is 19.2 Å². The molecule has 0 saturated heterocycles. The summed E-state index contributed by atoms with van der Waals surface area (Å²) in [5, 5.41) is 9.06. The summed E-state index contributed by atoms with van der Waals surface area (Å²) in [6.07, 6.45) is 0. The Kier molecular flexibility index (Phi) is 5.77. The average Bonchev–Trinajstić information content (AvgIpc) is 3.27. The summed E-state index contributed by atoms with van der Waals surface area (Å²) in [6.45, 7) is 2.17. The van der Waals surface area contributed by atoms with Crippen molar-refractivity contribution in [1.82, 2.24) is 20.6 Å². The van der Waals surface area contributed by atoms with Gasteiger partial charge in [-0.15, -0.1) is 11.3 Å². The van der Waals surface area contributed by atoms with E-state index in [1.807, 2.05) is 41.8 Å². The van der Waals surface area contributed by atoms with Gasteiger partial charge in [-0.25, -0.2) is 19.6 Å². The molecule has 2 aromatic heterocycles. The van der Waals surface area contributed by atoms with Crippen LogP contribution in [0.5, 0.6) is 0 Å². The van der Waals surface area contributed by atoms with Gasteiger partial charge in [0, 0.05) is 16.8 Å². The largest absolute Gasteiger partial charge is 0.463 e. The Balaban J connectivity index is 1.68. The van der Waals surface area contributed by atoms with E-state index in [4.69, 9.17) is 9.72 Å². The summed E-state index contributed by atoms with van der Waals surface area (Å²) in [5.74, 6) is 0.615. The van der Waals surface area contributed by atoms with E-state index in [2.05, 4.69) is 15.6 Å². The van der Waals surface area contributed by atoms with Gasteiger partial charge in [-0.3, -0.25) is 0 Å². The highest BCUT2D eigenvalue weighted by molar-refractivity contribution is 7.99. The van der Waals surface area contributed by atoms with Crippen LogP contribution in [0.25, 0.3) is 21.6 Å². The zero-order chi connectivity index (χ0) is 20.2. The molecule has 0 fully saturated rings. The molecule has 29 heavy (non-hydrogen) atoms. The van der Waals surface area contributed by atoms with Crippen LogP contribution in [0.4, 0.5) is 4.79 Å². The molecular weight excluding hydrogens is 408 g/mol. The maximum atomic E-state index is 12.2. The highest BCUT2D eigenvalue weighted by atomic mass is 32.2. The lowest BCUT2D eigenvalue weighted by molar-refractivity contribution is -0.138. The highest BCUT2D eigenvalue weighted by Crippen LogP contribution is 2.31. The summed E-state index contributed by atoms with van der Waals surface area (Å²) in [5.41, 5.74) is 1.82. The number of thioether (sulfide) groups is 1. The lowest BCUT2D eigenvalue weighted by atomic mass is 10.2. The number of carbonyl (C=O) groups excluding carboxylic acids is 2. The zero-order valence-electron chi connectivity index (χ0n) is 15.6. The average molecular weight is 427 g/mol. The molecule has 1 aliphatic rings. The van der Waals surface area contributed by atoms with Crippen LogP contribution in [-0.2, 0) is 9.53 Å². The van der Waals surface area contributed by atoms with Gasteiger partial charge < -0.3 is 15.4 Å². The Labute approximate surface area is 175 Å². The normalized spacial score (nSPS) is 13.9. The molecule has 3 aromatic rings. The van der Waals surface area contributed by atoms with Crippen molar-refractivity contribution in [1.29, 1.82) is 0 Å². The number of rotatable bonds is 6. The molecule has 7 nitrogen and oxygen atoms in total. The molecule has 9 heteroatoms. The molecule has 0 aliphatic carbocycles. The lowest BCUT2D eigenvalue weighted by Crippen LogP contribution is -2.44. The summed E-state index contributed by atoms with van der Waals surface area (Å²) in [6, 6.07) is 11.4. The number of urea groups is 1. The number of hydrogen-bond acceptors (Lipinski definition) is 7. The summed E-state index contributed by atoms with van der Waals surface area (Å²) in [7, 11) is 0. The van der Waals surface area contributed by atoms with E-state index in [1.54, 1.807) is 18.3 Å². The number of carbonyl (C=O) groups is 2. The van der Waals surface area contributed by atoms with E-state index in [0.717, 1.165) is 20.8 Å². The van der Waals surface area contributed by atoms with Crippen molar-refractivity contribution in [2.75, 3.05) is 18.9 Å². The SMILES string of the molecule is CCOC(=O)C1=C(CSc2nc(-c3cccs3)nc3ccccc23)NC(=O)NC1. The molecule has 0 spiro atoms. The van der Waals surface area contributed by atoms with Crippen LogP contribution in [-0.4, -0.2) is 40.9 Å². The number of fused-ring (bicyclic) bond motifs is 1. The van der Waals surface area contributed by atoms with Crippen molar-refractivity contribution in [2.24, 2.45) is 0 Å². The minimum atomic E-state index is -0.428. The number of amides is 2. The zero-order valence-corrected chi connectivity index (χ0v) is 17.2. The molecule has 148 valence electrons. The Morgan fingerprint density at radius 3 is 2.90 bits per heavy atom. The number of nitrogens with zero attached hydrogens (tertiary/aromatic N) is 2. The van der Waals surface area contributed by atoms with E-state index in [1.165, 1.54) is 11.8 Å². The first-order chi connectivity index (χ1) is 14.2. The summed E-state index contributed by atoms with van der Waals surface area (Å²) in [4.78, 5) is 34.4. The molecule has 0 bridgehead atoms. The van der Waals surface area contributed by atoms with Gasteiger partial charge in [0.25, 0.3) is 0 Å². The second-order valence-electron chi connectivity index (χ2n) is 6.12. The molecule has 0 unspecified atom stereocenters. The monoisotopic (exact) mass is 426 g/mol. The molecule has 0 radical (unpaired) electrons. The summed E-state index contributed by atoms with van der Waals surface area (Å²) >= 11 is 3.03. The molecule has 2 amide bonds. The molecule has 0 saturated carbocycles. The van der Waals surface area contributed by atoms with Gasteiger partial charge >= 0.3 is 12.0 Å². The lowest BCUT2D eigenvalue weighted by Gasteiger charge is -2.21. The summed E-state index contributed by atoms with van der Waals surface area (Å²) < 4.78 is 5.12. The number of hydrogen-bond donors (Lipinski definition) is 2. The van der Waals surface area contributed by atoms with Crippen LogP contribution in [0.1, 0.15) is 6.92 Å². The van der Waals surface area contributed by atoms with Gasteiger partial charge in [0.2, 0.25) is 0 Å². The van der Waals surface area contributed by atoms with Gasteiger partial charge in [0.05, 0.1) is 29.1 Å². The van der Waals surface area contributed by atoms with Crippen molar-refractivity contribution in [3.63, 3.8) is 0 Å². The van der Waals surface area contributed by atoms with Crippen LogP contribution in [0.2, 0.25) is 0 Å². The number of ether oxygens (including phenoxy) is 1. The maximum absolute atomic E-state index is 12.2. The van der Waals surface area contributed by atoms with Crippen molar-refractivity contribution in [2.45, 2.75) is 11.9 Å². The number of thiophene rings is 1. The Morgan fingerprint density at radius 1 is 1.24 bits per heavy atom. The standard InChI is InChI=1S/C20H18N4O3S2/c1-2-27-19(25)13-10-21-20(26)23-15(13)11-29-18-12-6-3-4-7-14(12)22-17(24-18)16-8-5-9-28-16/h3-9H,2,10-11H2,1H3,(H2,21,23,26). The predicted octanol–water partition coefficient (Wildman–Crippen LogP) is 3.58. The molecule has 0 atom stereocenters. The number of aromatic nitrogens is 2. The van der Waals surface area contributed by atoms with E-state index >= 15 is 0 Å². The van der Waals surface area contributed by atoms with Crippen LogP contribution in [0.3, 0.4) is 0 Å². The third-order valence-corrected chi connectivity index (χ3v) is 6.12. The van der Waals surface area contributed by atoms with Gasteiger partial charge in [0.15, 0.2) is 5.82 Å². The molecule has 2 N–H and O–H groups in total. The predicted molar refractivity (Wildman–Crippen MR) is 114 cm³/mol. The third-order valence-electron chi connectivity index (χ3n) is 4.24. The van der Waals surface area contributed by atoms with Crippen molar-refractivity contribution in [3.8, 4) is 10.7 Å². The van der Waals surface area contributed by atoms with Crippen LogP contribution in [0, 0.1) is 0 Å². The number of para-hydroxylation sites is 1. The van der Waals surface area contributed by atoms with Gasteiger partial charge in [-0.05, 0) is 24.4 Å². The van der Waals surface area contributed by atoms with Gasteiger partial charge in [0.1, 0.15) is 5.03 Å². The third kappa shape index (κ3) is 4.25. The first kappa shape index (κ1) is 19.4. The molecule has 1 aliphatic heterocycles. The minimum Gasteiger partial charge on any atom is -0.463 e. The fourth-order valence-corrected chi connectivity index (χ4v) is 4.55. The van der Waals surface area contributed by atoms with Crippen LogP contribution < -0.4 is 10.6 Å². The van der Waals surface area contributed by atoms with E-state index in [9.17, 15) is 9.59 Å². The Morgan fingerprint density at radius 2 is 2.10 bits per heavy atom. The van der Waals surface area contributed by atoms with Crippen molar-refractivity contribution < 1.29 is 14.3 Å². The minimum absolute atomic E-state index is 0.144. The molecule has 3 heterocycles. The highest BCUT2D eigenvalue weighted by Gasteiger charge is 2.24. The maximum Gasteiger partial charge on any atom is 0.337 e. The van der Waals surface area contributed by atoms with Gasteiger partial charge in [-0.2, -0.15) is 0 Å². The Hall–Kier alpha value is -2.91. The quantitative estimate of drug-likeness (QED) is 0.356. The van der Waals surface area contributed by atoms with Crippen molar-refractivity contribution >= 4 is 46.0 Å².